The van der Waals surface area contributed by atoms with Gasteiger partial charge in [0, 0.05) is 5.54 Å². The number of hydrogen-bond acceptors (Lipinski definition) is 2. The molecule has 0 atom stereocenters. The topological polar surface area (TPSA) is 55.1 Å². The van der Waals surface area contributed by atoms with Gasteiger partial charge in [0.25, 0.3) is 0 Å². The summed E-state index contributed by atoms with van der Waals surface area (Å²) >= 11 is 0. The SMILES string of the molecule is CC1(n2cnc3cccc(C(=O)O)c32)CCCCC1. The van der Waals surface area contributed by atoms with E-state index in [0.29, 0.717) is 5.56 Å². The second kappa shape index (κ2) is 4.37. The first-order valence-corrected chi connectivity index (χ1v) is 6.82. The monoisotopic (exact) mass is 258 g/mol. The molecule has 1 heterocycles. The maximum atomic E-state index is 11.4. The summed E-state index contributed by atoms with van der Waals surface area (Å²) in [5, 5.41) is 9.37. The van der Waals surface area contributed by atoms with Gasteiger partial charge in [-0.2, -0.15) is 0 Å². The molecule has 1 N–H and O–H groups in total. The Hall–Kier alpha value is -1.84. The number of rotatable bonds is 2. The molecule has 100 valence electrons. The Balaban J connectivity index is 2.21. The second-order valence-electron chi connectivity index (χ2n) is 5.65. The number of carboxylic acid groups (broad SMARTS) is 1. The number of imidazole rings is 1. The van der Waals surface area contributed by atoms with Crippen molar-refractivity contribution in [2.45, 2.75) is 44.6 Å². The number of benzene rings is 1. The van der Waals surface area contributed by atoms with Gasteiger partial charge in [0.2, 0.25) is 0 Å². The lowest BCUT2D eigenvalue weighted by molar-refractivity contribution is 0.0698. The van der Waals surface area contributed by atoms with Crippen molar-refractivity contribution in [2.24, 2.45) is 0 Å². The van der Waals surface area contributed by atoms with Crippen LogP contribution in [0.2, 0.25) is 0 Å². The van der Waals surface area contributed by atoms with Gasteiger partial charge in [-0.25, -0.2) is 9.78 Å². The predicted octanol–water partition coefficient (Wildman–Crippen LogP) is 3.41. The highest BCUT2D eigenvalue weighted by molar-refractivity contribution is 6.01. The molecule has 0 aliphatic heterocycles. The van der Waals surface area contributed by atoms with Crippen LogP contribution in [0.25, 0.3) is 11.0 Å². The van der Waals surface area contributed by atoms with E-state index >= 15 is 0 Å². The molecule has 1 fully saturated rings. The quantitative estimate of drug-likeness (QED) is 0.898. The smallest absolute Gasteiger partial charge is 0.337 e. The van der Waals surface area contributed by atoms with Crippen LogP contribution in [-0.2, 0) is 5.54 Å². The summed E-state index contributed by atoms with van der Waals surface area (Å²) in [7, 11) is 0. The molecular formula is C15H18N2O2. The van der Waals surface area contributed by atoms with Crippen LogP contribution in [0.1, 0.15) is 49.4 Å². The minimum absolute atomic E-state index is 0.00144. The van der Waals surface area contributed by atoms with Crippen LogP contribution in [-0.4, -0.2) is 20.6 Å². The summed E-state index contributed by atoms with van der Waals surface area (Å²) in [6.45, 7) is 2.21. The standard InChI is InChI=1S/C15H18N2O2/c1-15(8-3-2-4-9-15)17-10-16-12-7-5-6-11(13(12)17)14(18)19/h5-7,10H,2-4,8-9H2,1H3,(H,18,19). The molecule has 1 saturated carbocycles. The minimum atomic E-state index is -0.883. The van der Waals surface area contributed by atoms with Crippen LogP contribution in [0.15, 0.2) is 24.5 Å². The third kappa shape index (κ3) is 1.91. The maximum absolute atomic E-state index is 11.4. The lowest BCUT2D eigenvalue weighted by Gasteiger charge is -2.35. The zero-order valence-corrected chi connectivity index (χ0v) is 11.1. The molecule has 3 rings (SSSR count). The summed E-state index contributed by atoms with van der Waals surface area (Å²) < 4.78 is 2.09. The van der Waals surface area contributed by atoms with Gasteiger partial charge < -0.3 is 9.67 Å². The van der Waals surface area contributed by atoms with Gasteiger partial charge in [0.1, 0.15) is 0 Å². The molecule has 0 spiro atoms. The molecule has 4 heteroatoms. The van der Waals surface area contributed by atoms with Crippen LogP contribution < -0.4 is 0 Å². The first-order valence-electron chi connectivity index (χ1n) is 6.82. The molecule has 0 amide bonds. The molecule has 0 unspecified atom stereocenters. The average Bonchev–Trinajstić information content (AvgIpc) is 2.83. The van der Waals surface area contributed by atoms with Crippen LogP contribution in [0, 0.1) is 0 Å². The summed E-state index contributed by atoms with van der Waals surface area (Å²) in [5.74, 6) is -0.883. The number of aromatic nitrogens is 2. The Morgan fingerprint density at radius 1 is 1.32 bits per heavy atom. The molecule has 1 aromatic carbocycles. The first-order chi connectivity index (χ1) is 9.12. The molecule has 0 radical (unpaired) electrons. The van der Waals surface area contributed by atoms with Gasteiger partial charge in [-0.3, -0.25) is 0 Å². The number of carbonyl (C=O) groups is 1. The lowest BCUT2D eigenvalue weighted by Crippen LogP contribution is -2.32. The maximum Gasteiger partial charge on any atom is 0.337 e. The van der Waals surface area contributed by atoms with Crippen molar-refractivity contribution in [3.63, 3.8) is 0 Å². The molecule has 0 saturated heterocycles. The number of carboxylic acids is 1. The number of para-hydroxylation sites is 1. The van der Waals surface area contributed by atoms with E-state index in [1.54, 1.807) is 12.1 Å². The van der Waals surface area contributed by atoms with Gasteiger partial charge in [-0.05, 0) is 31.9 Å². The zero-order valence-electron chi connectivity index (χ0n) is 11.1. The summed E-state index contributed by atoms with van der Waals surface area (Å²) in [4.78, 5) is 15.8. The van der Waals surface area contributed by atoms with E-state index in [-0.39, 0.29) is 5.54 Å². The van der Waals surface area contributed by atoms with Crippen LogP contribution in [0.4, 0.5) is 0 Å². The third-order valence-corrected chi connectivity index (χ3v) is 4.31. The van der Waals surface area contributed by atoms with Gasteiger partial charge in [-0.1, -0.05) is 25.3 Å². The second-order valence-corrected chi connectivity index (χ2v) is 5.65. The Bertz CT molecular complexity index is 624. The van der Waals surface area contributed by atoms with Crippen LogP contribution in [0.3, 0.4) is 0 Å². The number of hydrogen-bond donors (Lipinski definition) is 1. The molecule has 4 nitrogen and oxygen atoms in total. The largest absolute Gasteiger partial charge is 0.478 e. The zero-order chi connectivity index (χ0) is 13.5. The van der Waals surface area contributed by atoms with Crippen molar-refractivity contribution >= 4 is 17.0 Å². The van der Waals surface area contributed by atoms with Crippen molar-refractivity contribution in [1.82, 2.24) is 9.55 Å². The minimum Gasteiger partial charge on any atom is -0.478 e. The molecular weight excluding hydrogens is 240 g/mol. The fourth-order valence-electron chi connectivity index (χ4n) is 3.20. The van der Waals surface area contributed by atoms with E-state index in [2.05, 4.69) is 16.5 Å². The average molecular weight is 258 g/mol. The van der Waals surface area contributed by atoms with Gasteiger partial charge in [0.05, 0.1) is 22.9 Å². The van der Waals surface area contributed by atoms with Crippen molar-refractivity contribution in [3.05, 3.63) is 30.1 Å². The van der Waals surface area contributed by atoms with E-state index in [0.717, 1.165) is 23.9 Å². The van der Waals surface area contributed by atoms with Crippen LogP contribution >= 0.6 is 0 Å². The molecule has 1 aliphatic rings. The van der Waals surface area contributed by atoms with Gasteiger partial charge in [0.15, 0.2) is 0 Å². The molecule has 1 aliphatic carbocycles. The Morgan fingerprint density at radius 3 is 2.74 bits per heavy atom. The van der Waals surface area contributed by atoms with Crippen molar-refractivity contribution < 1.29 is 9.90 Å². The number of fused-ring (bicyclic) bond motifs is 1. The molecule has 19 heavy (non-hydrogen) atoms. The van der Waals surface area contributed by atoms with E-state index in [1.807, 2.05) is 12.4 Å². The lowest BCUT2D eigenvalue weighted by atomic mass is 9.83. The van der Waals surface area contributed by atoms with E-state index in [1.165, 1.54) is 19.3 Å². The normalized spacial score (nSPS) is 18.6. The van der Waals surface area contributed by atoms with E-state index in [4.69, 9.17) is 0 Å². The Kier molecular flexibility index (Phi) is 2.81. The summed E-state index contributed by atoms with van der Waals surface area (Å²) in [6, 6.07) is 5.30. The number of nitrogens with zero attached hydrogens (tertiary/aromatic N) is 2. The predicted molar refractivity (Wildman–Crippen MR) is 73.4 cm³/mol. The van der Waals surface area contributed by atoms with Gasteiger partial charge >= 0.3 is 5.97 Å². The molecule has 2 aromatic rings. The molecule has 1 aromatic heterocycles. The fourth-order valence-corrected chi connectivity index (χ4v) is 3.20. The van der Waals surface area contributed by atoms with Crippen molar-refractivity contribution in [1.29, 1.82) is 0 Å². The summed E-state index contributed by atoms with van der Waals surface area (Å²) in [5.41, 5.74) is 1.88. The van der Waals surface area contributed by atoms with Gasteiger partial charge in [-0.15, -0.1) is 0 Å². The third-order valence-electron chi connectivity index (χ3n) is 4.31. The molecule has 0 bridgehead atoms. The number of aromatic carboxylic acids is 1. The van der Waals surface area contributed by atoms with E-state index in [9.17, 15) is 9.90 Å². The van der Waals surface area contributed by atoms with Crippen molar-refractivity contribution in [2.75, 3.05) is 0 Å². The highest BCUT2D eigenvalue weighted by Gasteiger charge is 2.31. The Morgan fingerprint density at radius 2 is 2.05 bits per heavy atom. The fraction of sp³-hybridized carbons (Fsp3) is 0.467. The van der Waals surface area contributed by atoms with Crippen LogP contribution in [0.5, 0.6) is 0 Å². The Labute approximate surface area is 112 Å². The van der Waals surface area contributed by atoms with Crippen molar-refractivity contribution in [3.8, 4) is 0 Å². The highest BCUT2D eigenvalue weighted by atomic mass is 16.4. The highest BCUT2D eigenvalue weighted by Crippen LogP contribution is 2.37. The first kappa shape index (κ1) is 12.2. The summed E-state index contributed by atoms with van der Waals surface area (Å²) in [6.07, 6.45) is 7.66. The van der Waals surface area contributed by atoms with E-state index < -0.39 is 5.97 Å².